The zero-order valence-electron chi connectivity index (χ0n) is 20.3. The highest BCUT2D eigenvalue weighted by molar-refractivity contribution is 7.22. The molecule has 2 N–H and O–H groups in total. The summed E-state index contributed by atoms with van der Waals surface area (Å²) in [5.74, 6) is -0.584. The van der Waals surface area contributed by atoms with Gasteiger partial charge in [-0.1, -0.05) is 54.1 Å². The van der Waals surface area contributed by atoms with E-state index in [0.717, 1.165) is 5.39 Å². The van der Waals surface area contributed by atoms with Gasteiger partial charge in [-0.3, -0.25) is 9.59 Å². The Morgan fingerprint density at radius 1 is 0.919 bits per heavy atom. The van der Waals surface area contributed by atoms with Crippen LogP contribution in [0.1, 0.15) is 40.8 Å². The summed E-state index contributed by atoms with van der Waals surface area (Å²) in [5.41, 5.74) is 1.72. The second-order valence-corrected chi connectivity index (χ2v) is 11.0. The lowest BCUT2D eigenvalue weighted by atomic mass is 10.0. The number of amides is 2. The van der Waals surface area contributed by atoms with Gasteiger partial charge in [0.15, 0.2) is 0 Å². The molecule has 0 atom stereocenters. The molecule has 37 heavy (non-hydrogen) atoms. The van der Waals surface area contributed by atoms with Crippen LogP contribution >= 0.6 is 22.9 Å². The predicted octanol–water partition coefficient (Wildman–Crippen LogP) is 7.11. The Labute approximate surface area is 221 Å². The number of carbonyl (C=O) groups is 2. The number of rotatable bonds is 4. The van der Waals surface area contributed by atoms with E-state index in [0.29, 0.717) is 47.9 Å². The van der Waals surface area contributed by atoms with Gasteiger partial charge in [-0.2, -0.15) is 0 Å². The number of hydrogen-bond acceptors (Lipinski definition) is 5. The molecular formula is C29H23ClN2O4S. The Balaban J connectivity index is 1.41. The van der Waals surface area contributed by atoms with Crippen LogP contribution < -0.4 is 16.3 Å². The lowest BCUT2D eigenvalue weighted by molar-refractivity contribution is 0.0923. The van der Waals surface area contributed by atoms with E-state index >= 15 is 0 Å². The van der Waals surface area contributed by atoms with Gasteiger partial charge in [-0.25, -0.2) is 4.79 Å². The minimum absolute atomic E-state index is 0.260. The van der Waals surface area contributed by atoms with Crippen LogP contribution in [-0.4, -0.2) is 17.4 Å². The number of benzene rings is 3. The summed E-state index contributed by atoms with van der Waals surface area (Å²) in [6.45, 7) is 5.70. The van der Waals surface area contributed by atoms with Gasteiger partial charge < -0.3 is 15.1 Å². The fraction of sp³-hybridized carbons (Fsp3) is 0.138. The van der Waals surface area contributed by atoms with E-state index in [-0.39, 0.29) is 11.8 Å². The summed E-state index contributed by atoms with van der Waals surface area (Å²) >= 11 is 7.77. The van der Waals surface area contributed by atoms with Crippen LogP contribution in [0.5, 0.6) is 0 Å². The molecule has 0 aliphatic carbocycles. The number of nitrogens with one attached hydrogen (secondary N) is 2. The minimum atomic E-state index is -0.441. The second-order valence-electron chi connectivity index (χ2n) is 9.65. The number of anilines is 1. The van der Waals surface area contributed by atoms with E-state index in [1.165, 1.54) is 11.3 Å². The lowest BCUT2D eigenvalue weighted by Gasteiger charge is -2.19. The first-order valence-electron chi connectivity index (χ1n) is 11.6. The average Bonchev–Trinajstić information content (AvgIpc) is 3.20. The summed E-state index contributed by atoms with van der Waals surface area (Å²) in [6, 6.07) is 21.2. The van der Waals surface area contributed by atoms with Crippen molar-refractivity contribution in [3.05, 3.63) is 98.7 Å². The first-order valence-corrected chi connectivity index (χ1v) is 12.8. The first kappa shape index (κ1) is 24.7. The van der Waals surface area contributed by atoms with Crippen LogP contribution in [0.25, 0.3) is 32.2 Å². The molecule has 0 radical (unpaired) electrons. The van der Waals surface area contributed by atoms with Crippen LogP contribution in [0.15, 0.2) is 82.0 Å². The van der Waals surface area contributed by atoms with Crippen molar-refractivity contribution in [1.82, 2.24) is 5.32 Å². The van der Waals surface area contributed by atoms with Gasteiger partial charge in [0, 0.05) is 21.9 Å². The quantitative estimate of drug-likeness (QED) is 0.242. The highest BCUT2D eigenvalue weighted by Gasteiger charge is 2.23. The second kappa shape index (κ2) is 9.50. The van der Waals surface area contributed by atoms with Crippen LogP contribution in [-0.2, 0) is 0 Å². The maximum absolute atomic E-state index is 13.1. The lowest BCUT2D eigenvalue weighted by Crippen LogP contribution is -2.40. The van der Waals surface area contributed by atoms with Gasteiger partial charge in [-0.15, -0.1) is 11.3 Å². The van der Waals surface area contributed by atoms with Crippen LogP contribution in [0.4, 0.5) is 5.69 Å². The maximum atomic E-state index is 13.1. The molecule has 5 aromatic rings. The molecule has 2 aromatic heterocycles. The third-order valence-corrected chi connectivity index (χ3v) is 7.44. The summed E-state index contributed by atoms with van der Waals surface area (Å²) in [5, 5.41) is 7.72. The molecule has 2 heterocycles. The zero-order chi connectivity index (χ0) is 26.3. The molecule has 0 spiro atoms. The normalized spacial score (nSPS) is 11.6. The maximum Gasteiger partial charge on any atom is 0.344 e. The van der Waals surface area contributed by atoms with Crippen molar-refractivity contribution in [1.29, 1.82) is 0 Å². The Hall–Kier alpha value is -3.94. The monoisotopic (exact) mass is 530 g/mol. The Morgan fingerprint density at radius 2 is 1.65 bits per heavy atom. The molecule has 2 amide bonds. The van der Waals surface area contributed by atoms with Gasteiger partial charge >= 0.3 is 5.63 Å². The van der Waals surface area contributed by atoms with Crippen molar-refractivity contribution < 1.29 is 14.0 Å². The number of hydrogen-bond donors (Lipinski definition) is 2. The molecule has 3 aromatic carbocycles. The van der Waals surface area contributed by atoms with Gasteiger partial charge in [0.2, 0.25) is 0 Å². The number of thiophene rings is 1. The summed E-state index contributed by atoms with van der Waals surface area (Å²) < 4.78 is 6.14. The number of carbonyl (C=O) groups excluding carboxylic acids is 2. The zero-order valence-corrected chi connectivity index (χ0v) is 21.9. The number of fused-ring (bicyclic) bond motifs is 2. The van der Waals surface area contributed by atoms with E-state index in [2.05, 4.69) is 10.6 Å². The minimum Gasteiger partial charge on any atom is -0.422 e. The SMILES string of the molecule is CC(C)(C)NC(=O)c1sc2c(NC(=O)c3ccc(-c4cc5ccccc5oc4=O)cc3)cccc2c1Cl. The molecule has 0 bridgehead atoms. The van der Waals surface area contributed by atoms with Crippen molar-refractivity contribution in [2.75, 3.05) is 5.32 Å². The Bertz CT molecular complexity index is 1730. The number of halogens is 1. The molecular weight excluding hydrogens is 508 g/mol. The van der Waals surface area contributed by atoms with E-state index < -0.39 is 11.2 Å². The van der Waals surface area contributed by atoms with Crippen LogP contribution in [0.3, 0.4) is 0 Å². The molecule has 8 heteroatoms. The van der Waals surface area contributed by atoms with Gasteiger partial charge in [0.1, 0.15) is 10.5 Å². The van der Waals surface area contributed by atoms with Crippen LogP contribution in [0.2, 0.25) is 5.02 Å². The van der Waals surface area contributed by atoms with Gasteiger partial charge in [0.05, 0.1) is 21.0 Å². The molecule has 5 rings (SSSR count). The molecule has 186 valence electrons. The fourth-order valence-electron chi connectivity index (χ4n) is 3.99. The standard InChI is InChI=1S/C29H23ClN2O4S/c1-29(2,3)32-27(34)25-23(30)19-8-6-9-21(24(19)37-25)31-26(33)17-13-11-16(12-14-17)20-15-18-7-4-5-10-22(18)36-28(20)35/h4-15H,1-3H3,(H,31,33)(H,32,34). The third-order valence-electron chi connectivity index (χ3n) is 5.70. The van der Waals surface area contributed by atoms with Crippen molar-refractivity contribution in [2.45, 2.75) is 26.3 Å². The molecule has 0 fully saturated rings. The highest BCUT2D eigenvalue weighted by atomic mass is 35.5. The summed E-state index contributed by atoms with van der Waals surface area (Å²) in [7, 11) is 0. The molecule has 0 unspecified atom stereocenters. The van der Waals surface area contributed by atoms with Crippen molar-refractivity contribution in [2.24, 2.45) is 0 Å². The molecule has 0 saturated heterocycles. The van der Waals surface area contributed by atoms with Crippen molar-refractivity contribution in [3.8, 4) is 11.1 Å². The molecule has 0 aliphatic rings. The topological polar surface area (TPSA) is 88.4 Å². The molecule has 6 nitrogen and oxygen atoms in total. The summed E-state index contributed by atoms with van der Waals surface area (Å²) in [4.78, 5) is 38.7. The van der Waals surface area contributed by atoms with Gasteiger partial charge in [-0.05, 0) is 56.7 Å². The Morgan fingerprint density at radius 3 is 2.38 bits per heavy atom. The Kier molecular flexibility index (Phi) is 6.35. The summed E-state index contributed by atoms with van der Waals surface area (Å²) in [6.07, 6.45) is 0. The third kappa shape index (κ3) is 5.01. The molecule has 0 saturated carbocycles. The average molecular weight is 531 g/mol. The van der Waals surface area contributed by atoms with E-state index in [9.17, 15) is 14.4 Å². The van der Waals surface area contributed by atoms with E-state index in [1.807, 2.05) is 45.0 Å². The van der Waals surface area contributed by atoms with Gasteiger partial charge in [0.25, 0.3) is 11.8 Å². The van der Waals surface area contributed by atoms with Crippen molar-refractivity contribution in [3.63, 3.8) is 0 Å². The van der Waals surface area contributed by atoms with Crippen molar-refractivity contribution >= 4 is 61.5 Å². The number of para-hydroxylation sites is 1. The van der Waals surface area contributed by atoms with Crippen LogP contribution in [0, 0.1) is 0 Å². The smallest absolute Gasteiger partial charge is 0.344 e. The first-order chi connectivity index (χ1) is 17.6. The predicted molar refractivity (Wildman–Crippen MR) is 150 cm³/mol. The largest absolute Gasteiger partial charge is 0.422 e. The highest BCUT2D eigenvalue weighted by Crippen LogP contribution is 2.39. The molecule has 0 aliphatic heterocycles. The fourth-order valence-corrected chi connectivity index (χ4v) is 5.46. The van der Waals surface area contributed by atoms with E-state index in [1.54, 1.807) is 48.5 Å². The van der Waals surface area contributed by atoms with E-state index in [4.69, 9.17) is 16.0 Å².